The third-order valence-electron chi connectivity index (χ3n) is 3.52. The number of hydrogen-bond acceptors (Lipinski definition) is 4. The Morgan fingerprint density at radius 3 is 2.86 bits per heavy atom. The number of carbonyl (C=O) groups excluding carboxylic acids is 1. The first-order valence-corrected chi connectivity index (χ1v) is 8.95. The van der Waals surface area contributed by atoms with E-state index < -0.39 is 10.0 Å². The molecule has 1 saturated heterocycles. The summed E-state index contributed by atoms with van der Waals surface area (Å²) >= 11 is 6.04. The Morgan fingerprint density at radius 1 is 1.48 bits per heavy atom. The largest absolute Gasteiger partial charge is 0.492 e. The van der Waals surface area contributed by atoms with Crippen LogP contribution in [0, 0.1) is 5.92 Å². The zero-order valence-corrected chi connectivity index (χ0v) is 13.4. The molecule has 7 heteroatoms. The highest BCUT2D eigenvalue weighted by atomic mass is 35.5. The first-order valence-electron chi connectivity index (χ1n) is 6.73. The molecule has 1 unspecified atom stereocenters. The molecule has 1 aromatic carbocycles. The van der Waals surface area contributed by atoms with E-state index in [1.54, 1.807) is 18.2 Å². The molecule has 1 atom stereocenters. The standard InChI is InChI=1S/C14H18ClNO4S/c1-21(18,19)16-6-2-3-12(8-16)10-20-14-5-4-11(9-17)7-13(14)15/h4-5,7,9,12H,2-3,6,8,10H2,1H3. The van der Waals surface area contributed by atoms with Crippen LogP contribution in [0.25, 0.3) is 0 Å². The molecule has 1 heterocycles. The quantitative estimate of drug-likeness (QED) is 0.776. The molecule has 0 saturated carbocycles. The average molecular weight is 332 g/mol. The highest BCUT2D eigenvalue weighted by Crippen LogP contribution is 2.27. The number of carbonyl (C=O) groups is 1. The van der Waals surface area contributed by atoms with Gasteiger partial charge in [0.2, 0.25) is 10.0 Å². The van der Waals surface area contributed by atoms with Crippen LogP contribution in [0.15, 0.2) is 18.2 Å². The predicted octanol–water partition coefficient (Wildman–Crippen LogP) is 2.20. The number of rotatable bonds is 5. The van der Waals surface area contributed by atoms with Gasteiger partial charge in [0.1, 0.15) is 12.0 Å². The van der Waals surface area contributed by atoms with E-state index >= 15 is 0 Å². The Morgan fingerprint density at radius 2 is 2.24 bits per heavy atom. The van der Waals surface area contributed by atoms with Gasteiger partial charge in [0.25, 0.3) is 0 Å². The summed E-state index contributed by atoms with van der Waals surface area (Å²) < 4.78 is 30.3. The fourth-order valence-electron chi connectivity index (χ4n) is 2.38. The van der Waals surface area contributed by atoms with E-state index in [-0.39, 0.29) is 5.92 Å². The number of piperidine rings is 1. The maximum absolute atomic E-state index is 11.6. The molecule has 1 fully saturated rings. The number of halogens is 1. The molecule has 1 aliphatic rings. The fraction of sp³-hybridized carbons (Fsp3) is 0.500. The van der Waals surface area contributed by atoms with Gasteiger partial charge in [-0.25, -0.2) is 12.7 Å². The lowest BCUT2D eigenvalue weighted by atomic mass is 10.0. The van der Waals surface area contributed by atoms with E-state index in [1.807, 2.05) is 0 Å². The summed E-state index contributed by atoms with van der Waals surface area (Å²) in [5, 5.41) is 0.385. The van der Waals surface area contributed by atoms with E-state index in [1.165, 1.54) is 10.6 Å². The van der Waals surface area contributed by atoms with Crippen molar-refractivity contribution >= 4 is 27.9 Å². The number of sulfonamides is 1. The van der Waals surface area contributed by atoms with Crippen LogP contribution in [0.2, 0.25) is 5.02 Å². The monoisotopic (exact) mass is 331 g/mol. The van der Waals surface area contributed by atoms with Crippen molar-refractivity contribution in [3.8, 4) is 5.75 Å². The third-order valence-corrected chi connectivity index (χ3v) is 5.08. The maximum Gasteiger partial charge on any atom is 0.211 e. The van der Waals surface area contributed by atoms with Crippen molar-refractivity contribution in [3.05, 3.63) is 28.8 Å². The maximum atomic E-state index is 11.6. The number of nitrogens with zero attached hydrogens (tertiary/aromatic N) is 1. The third kappa shape index (κ3) is 4.43. The summed E-state index contributed by atoms with van der Waals surface area (Å²) in [5.74, 6) is 0.661. The number of aldehydes is 1. The molecular weight excluding hydrogens is 314 g/mol. The molecule has 21 heavy (non-hydrogen) atoms. The number of ether oxygens (including phenoxy) is 1. The van der Waals surface area contributed by atoms with E-state index in [2.05, 4.69) is 0 Å². The molecule has 0 aromatic heterocycles. The molecule has 1 aliphatic heterocycles. The average Bonchev–Trinajstić information content (AvgIpc) is 2.45. The molecule has 0 spiro atoms. The fourth-order valence-corrected chi connectivity index (χ4v) is 3.57. The van der Waals surface area contributed by atoms with Crippen LogP contribution in [0.1, 0.15) is 23.2 Å². The van der Waals surface area contributed by atoms with Crippen LogP contribution >= 0.6 is 11.6 Å². The van der Waals surface area contributed by atoms with Crippen molar-refractivity contribution < 1.29 is 17.9 Å². The van der Waals surface area contributed by atoms with E-state index in [4.69, 9.17) is 16.3 Å². The second kappa shape index (κ2) is 6.77. The molecule has 0 bridgehead atoms. The molecule has 5 nitrogen and oxygen atoms in total. The van der Waals surface area contributed by atoms with E-state index in [0.29, 0.717) is 36.0 Å². The zero-order valence-electron chi connectivity index (χ0n) is 11.8. The lowest BCUT2D eigenvalue weighted by Gasteiger charge is -2.30. The Hall–Kier alpha value is -1.11. The molecule has 1 aromatic rings. The van der Waals surface area contributed by atoms with Crippen LogP contribution in [0.5, 0.6) is 5.75 Å². The van der Waals surface area contributed by atoms with Gasteiger partial charge in [-0.05, 0) is 31.0 Å². The Labute approximate surface area is 129 Å². The van der Waals surface area contributed by atoms with Gasteiger partial charge >= 0.3 is 0 Å². The number of benzene rings is 1. The first-order chi connectivity index (χ1) is 9.90. The molecular formula is C14H18ClNO4S. The van der Waals surface area contributed by atoms with Crippen molar-refractivity contribution in [2.24, 2.45) is 5.92 Å². The summed E-state index contributed by atoms with van der Waals surface area (Å²) in [7, 11) is -3.15. The van der Waals surface area contributed by atoms with Crippen molar-refractivity contribution in [2.75, 3.05) is 26.0 Å². The highest BCUT2D eigenvalue weighted by Gasteiger charge is 2.26. The lowest BCUT2D eigenvalue weighted by Crippen LogP contribution is -2.40. The van der Waals surface area contributed by atoms with Gasteiger partial charge in [-0.2, -0.15) is 0 Å². The van der Waals surface area contributed by atoms with Crippen molar-refractivity contribution in [3.63, 3.8) is 0 Å². The van der Waals surface area contributed by atoms with Gasteiger partial charge in [0, 0.05) is 24.6 Å². The van der Waals surface area contributed by atoms with Gasteiger partial charge in [-0.1, -0.05) is 11.6 Å². The van der Waals surface area contributed by atoms with Gasteiger partial charge in [0.05, 0.1) is 17.9 Å². The van der Waals surface area contributed by atoms with Crippen LogP contribution in [-0.2, 0) is 10.0 Å². The highest BCUT2D eigenvalue weighted by molar-refractivity contribution is 7.88. The summed E-state index contributed by atoms with van der Waals surface area (Å²) in [4.78, 5) is 10.6. The summed E-state index contributed by atoms with van der Waals surface area (Å²) in [6.07, 6.45) is 3.71. The molecule has 116 valence electrons. The molecule has 0 amide bonds. The van der Waals surface area contributed by atoms with E-state index in [0.717, 1.165) is 19.1 Å². The minimum atomic E-state index is -3.15. The molecule has 0 radical (unpaired) electrons. The van der Waals surface area contributed by atoms with Gasteiger partial charge < -0.3 is 4.74 Å². The Bertz CT molecular complexity index is 617. The van der Waals surface area contributed by atoms with Crippen LogP contribution in [0.3, 0.4) is 0 Å². The van der Waals surface area contributed by atoms with Crippen LogP contribution in [-0.4, -0.2) is 45.0 Å². The minimum absolute atomic E-state index is 0.148. The number of hydrogen-bond donors (Lipinski definition) is 0. The normalized spacial score (nSPS) is 20.2. The van der Waals surface area contributed by atoms with Crippen molar-refractivity contribution in [2.45, 2.75) is 12.8 Å². The summed E-state index contributed by atoms with van der Waals surface area (Å²) in [5.41, 5.74) is 0.494. The summed E-state index contributed by atoms with van der Waals surface area (Å²) in [6.45, 7) is 1.46. The van der Waals surface area contributed by atoms with Crippen molar-refractivity contribution in [1.82, 2.24) is 4.31 Å². The van der Waals surface area contributed by atoms with E-state index in [9.17, 15) is 13.2 Å². The topological polar surface area (TPSA) is 63.7 Å². The van der Waals surface area contributed by atoms with Crippen LogP contribution in [0.4, 0.5) is 0 Å². The predicted molar refractivity (Wildman–Crippen MR) is 81.5 cm³/mol. The molecule has 2 rings (SSSR count). The van der Waals surface area contributed by atoms with Gasteiger partial charge in [-0.3, -0.25) is 4.79 Å². The van der Waals surface area contributed by atoms with Gasteiger partial charge in [-0.15, -0.1) is 0 Å². The first kappa shape index (κ1) is 16.3. The molecule has 0 aliphatic carbocycles. The van der Waals surface area contributed by atoms with Crippen LogP contribution < -0.4 is 4.74 Å². The SMILES string of the molecule is CS(=O)(=O)N1CCCC(COc2ccc(C=O)cc2Cl)C1. The zero-order chi connectivity index (χ0) is 15.5. The smallest absolute Gasteiger partial charge is 0.211 e. The Balaban J connectivity index is 1.95. The van der Waals surface area contributed by atoms with Gasteiger partial charge in [0.15, 0.2) is 0 Å². The second-order valence-corrected chi connectivity index (χ2v) is 7.64. The second-order valence-electron chi connectivity index (χ2n) is 5.25. The summed E-state index contributed by atoms with van der Waals surface area (Å²) in [6, 6.07) is 4.84. The Kier molecular flexibility index (Phi) is 5.24. The minimum Gasteiger partial charge on any atom is -0.492 e. The molecule has 0 N–H and O–H groups in total. The lowest BCUT2D eigenvalue weighted by molar-refractivity contribution is 0.112. The van der Waals surface area contributed by atoms with Crippen molar-refractivity contribution in [1.29, 1.82) is 0 Å².